The van der Waals surface area contributed by atoms with Crippen LogP contribution in [0, 0.1) is 25.2 Å². The number of methoxy groups -OCH3 is 1. The molecule has 0 aliphatic carbocycles. The Kier molecular flexibility index (Phi) is 4.39. The van der Waals surface area contributed by atoms with Crippen LogP contribution in [0.15, 0.2) is 30.3 Å². The summed E-state index contributed by atoms with van der Waals surface area (Å²) in [4.78, 5) is 11.2. The summed E-state index contributed by atoms with van der Waals surface area (Å²) in [6.07, 6.45) is 1.01. The monoisotopic (exact) mass is 279 g/mol. The molecule has 21 heavy (non-hydrogen) atoms. The van der Waals surface area contributed by atoms with E-state index in [4.69, 9.17) is 10.00 Å². The fraction of sp³-hybridized carbons (Fsp3) is 0.222. The quantitative estimate of drug-likeness (QED) is 0.798. The van der Waals surface area contributed by atoms with Crippen LogP contribution in [0.2, 0.25) is 0 Å². The van der Waals surface area contributed by atoms with Crippen LogP contribution in [0.3, 0.4) is 0 Å². The van der Waals surface area contributed by atoms with Crippen LogP contribution in [0.4, 0.5) is 0 Å². The summed E-state index contributed by atoms with van der Waals surface area (Å²) in [7, 11) is 1.59. The van der Waals surface area contributed by atoms with E-state index < -0.39 is 0 Å². The maximum absolute atomic E-state index is 11.2. The molecule has 0 saturated carbocycles. The molecule has 0 N–H and O–H groups in total. The van der Waals surface area contributed by atoms with Crippen molar-refractivity contribution in [1.29, 1.82) is 5.26 Å². The Morgan fingerprint density at radius 3 is 2.43 bits per heavy atom. The fourth-order valence-corrected chi connectivity index (χ4v) is 2.66. The van der Waals surface area contributed by atoms with Gasteiger partial charge in [-0.25, -0.2) is 0 Å². The largest absolute Gasteiger partial charge is 0.496 e. The number of carbonyl (C=O) groups excluding carboxylic acids is 1. The van der Waals surface area contributed by atoms with Crippen LogP contribution in [-0.4, -0.2) is 13.4 Å². The molecule has 0 amide bonds. The van der Waals surface area contributed by atoms with E-state index in [1.54, 1.807) is 13.2 Å². The Morgan fingerprint density at radius 1 is 1.24 bits per heavy atom. The third kappa shape index (κ3) is 2.80. The number of nitriles is 1. The summed E-state index contributed by atoms with van der Waals surface area (Å²) in [5, 5.41) is 8.98. The normalized spacial score (nSPS) is 10.0. The van der Waals surface area contributed by atoms with Gasteiger partial charge in [0, 0.05) is 16.7 Å². The van der Waals surface area contributed by atoms with E-state index in [-0.39, 0.29) is 6.42 Å². The molecular formula is C18H17NO2. The fourth-order valence-electron chi connectivity index (χ4n) is 2.66. The first-order valence-corrected chi connectivity index (χ1v) is 6.72. The van der Waals surface area contributed by atoms with E-state index in [0.29, 0.717) is 11.3 Å². The number of carbonyl (C=O) groups is 1. The van der Waals surface area contributed by atoms with Gasteiger partial charge < -0.3 is 4.74 Å². The topological polar surface area (TPSA) is 50.1 Å². The van der Waals surface area contributed by atoms with E-state index >= 15 is 0 Å². The minimum absolute atomic E-state index is 0.211. The van der Waals surface area contributed by atoms with E-state index in [1.165, 1.54) is 0 Å². The number of rotatable bonds is 4. The number of hydrogen-bond donors (Lipinski definition) is 0. The standard InChI is InChI=1S/C18H17NO2/c1-12-5-4-6-13(2)17(12)16-10-14(11-20)9-15(7-8-19)18(16)21-3/h4-6,9-11H,7H2,1-3H3. The van der Waals surface area contributed by atoms with Crippen LogP contribution in [0.25, 0.3) is 11.1 Å². The molecule has 0 aromatic heterocycles. The Bertz CT molecular complexity index is 706. The first kappa shape index (κ1) is 14.8. The van der Waals surface area contributed by atoms with Crippen LogP contribution < -0.4 is 4.74 Å². The Balaban J connectivity index is 2.81. The molecule has 0 aliphatic rings. The zero-order valence-electron chi connectivity index (χ0n) is 12.4. The zero-order valence-corrected chi connectivity index (χ0v) is 12.4. The van der Waals surface area contributed by atoms with Gasteiger partial charge >= 0.3 is 0 Å². The van der Waals surface area contributed by atoms with Crippen molar-refractivity contribution < 1.29 is 9.53 Å². The van der Waals surface area contributed by atoms with Crippen molar-refractivity contribution in [2.24, 2.45) is 0 Å². The molecule has 0 unspecified atom stereocenters. The number of ether oxygens (including phenoxy) is 1. The van der Waals surface area contributed by atoms with Gasteiger partial charge in [0.2, 0.25) is 0 Å². The smallest absolute Gasteiger partial charge is 0.150 e. The summed E-state index contributed by atoms with van der Waals surface area (Å²) in [5.74, 6) is 0.666. The molecule has 0 fully saturated rings. The number of hydrogen-bond acceptors (Lipinski definition) is 3. The maximum atomic E-state index is 11.2. The van der Waals surface area contributed by atoms with Gasteiger partial charge in [-0.15, -0.1) is 0 Å². The van der Waals surface area contributed by atoms with Crippen LogP contribution in [0.5, 0.6) is 5.75 Å². The lowest BCUT2D eigenvalue weighted by Gasteiger charge is -2.17. The molecule has 0 radical (unpaired) electrons. The lowest BCUT2D eigenvalue weighted by atomic mass is 9.91. The predicted octanol–water partition coefficient (Wildman–Crippen LogP) is 3.86. The van der Waals surface area contributed by atoms with Crippen molar-refractivity contribution in [3.8, 4) is 22.9 Å². The van der Waals surface area contributed by atoms with Crippen molar-refractivity contribution in [2.75, 3.05) is 7.11 Å². The summed E-state index contributed by atoms with van der Waals surface area (Å²) in [5.41, 5.74) is 5.43. The molecule has 0 heterocycles. The van der Waals surface area contributed by atoms with Gasteiger partial charge in [-0.1, -0.05) is 18.2 Å². The van der Waals surface area contributed by atoms with Crippen molar-refractivity contribution in [3.05, 3.63) is 52.6 Å². The van der Waals surface area contributed by atoms with Crippen LogP contribution in [-0.2, 0) is 6.42 Å². The van der Waals surface area contributed by atoms with Crippen molar-refractivity contribution >= 4 is 6.29 Å². The summed E-state index contributed by atoms with van der Waals surface area (Å²) in [6.45, 7) is 4.05. The highest BCUT2D eigenvalue weighted by molar-refractivity contribution is 5.85. The molecule has 2 aromatic carbocycles. The second-order valence-corrected chi connectivity index (χ2v) is 4.98. The highest BCUT2D eigenvalue weighted by atomic mass is 16.5. The first-order chi connectivity index (χ1) is 10.1. The molecule has 106 valence electrons. The molecule has 0 spiro atoms. The molecule has 0 aliphatic heterocycles. The van der Waals surface area contributed by atoms with Gasteiger partial charge in [0.25, 0.3) is 0 Å². The average molecular weight is 279 g/mol. The minimum atomic E-state index is 0.211. The maximum Gasteiger partial charge on any atom is 0.150 e. The van der Waals surface area contributed by atoms with Crippen LogP contribution in [0.1, 0.15) is 27.0 Å². The SMILES string of the molecule is COc1c(CC#N)cc(C=O)cc1-c1c(C)cccc1C. The molecule has 0 bridgehead atoms. The molecule has 3 heteroatoms. The number of benzene rings is 2. The summed E-state index contributed by atoms with van der Waals surface area (Å²) >= 11 is 0. The highest BCUT2D eigenvalue weighted by Crippen LogP contribution is 2.38. The first-order valence-electron chi connectivity index (χ1n) is 6.72. The summed E-state index contributed by atoms with van der Waals surface area (Å²) < 4.78 is 5.53. The van der Waals surface area contributed by atoms with E-state index in [2.05, 4.69) is 6.07 Å². The van der Waals surface area contributed by atoms with Crippen LogP contribution >= 0.6 is 0 Å². The number of aryl methyl sites for hydroxylation is 2. The van der Waals surface area contributed by atoms with Crippen molar-refractivity contribution in [3.63, 3.8) is 0 Å². The third-order valence-corrected chi connectivity index (χ3v) is 3.55. The number of nitrogens with zero attached hydrogens (tertiary/aromatic N) is 1. The Hall–Kier alpha value is -2.60. The van der Waals surface area contributed by atoms with Gasteiger partial charge in [0.05, 0.1) is 19.6 Å². The summed E-state index contributed by atoms with van der Waals surface area (Å²) in [6, 6.07) is 11.7. The van der Waals surface area contributed by atoms with E-state index in [0.717, 1.165) is 34.1 Å². The lowest BCUT2D eigenvalue weighted by Crippen LogP contribution is -1.99. The van der Waals surface area contributed by atoms with Gasteiger partial charge in [0.1, 0.15) is 12.0 Å². The second kappa shape index (κ2) is 6.23. The molecular weight excluding hydrogens is 262 g/mol. The third-order valence-electron chi connectivity index (χ3n) is 3.55. The van der Waals surface area contributed by atoms with Gasteiger partial charge in [-0.05, 0) is 42.7 Å². The number of aldehydes is 1. The molecule has 0 saturated heterocycles. The Morgan fingerprint density at radius 2 is 1.90 bits per heavy atom. The molecule has 2 aromatic rings. The minimum Gasteiger partial charge on any atom is -0.496 e. The average Bonchev–Trinajstić information content (AvgIpc) is 2.47. The van der Waals surface area contributed by atoms with Crippen molar-refractivity contribution in [2.45, 2.75) is 20.3 Å². The highest BCUT2D eigenvalue weighted by Gasteiger charge is 2.16. The van der Waals surface area contributed by atoms with E-state index in [9.17, 15) is 4.79 Å². The lowest BCUT2D eigenvalue weighted by molar-refractivity contribution is 0.112. The van der Waals surface area contributed by atoms with Gasteiger partial charge in [0.15, 0.2) is 0 Å². The van der Waals surface area contributed by atoms with Gasteiger partial charge in [-0.2, -0.15) is 5.26 Å². The Labute approximate surface area is 124 Å². The molecule has 0 atom stereocenters. The predicted molar refractivity (Wildman–Crippen MR) is 82.6 cm³/mol. The molecule has 3 nitrogen and oxygen atoms in total. The zero-order chi connectivity index (χ0) is 15.4. The molecule has 2 rings (SSSR count). The van der Waals surface area contributed by atoms with Crippen molar-refractivity contribution in [1.82, 2.24) is 0 Å². The van der Waals surface area contributed by atoms with E-state index in [1.807, 2.05) is 38.1 Å². The van der Waals surface area contributed by atoms with Gasteiger partial charge in [-0.3, -0.25) is 4.79 Å². The second-order valence-electron chi connectivity index (χ2n) is 4.98.